The van der Waals surface area contributed by atoms with E-state index in [-0.39, 0.29) is 11.9 Å². The molecule has 1 saturated heterocycles. The number of carbonyl (C=O) groups excluding carboxylic acids is 1. The lowest BCUT2D eigenvalue weighted by atomic mass is 9.84. The van der Waals surface area contributed by atoms with Crippen LogP contribution in [0.25, 0.3) is 0 Å². The van der Waals surface area contributed by atoms with Gasteiger partial charge in [-0.1, -0.05) is 29.8 Å². The summed E-state index contributed by atoms with van der Waals surface area (Å²) in [6.45, 7) is 2.67. The molecule has 0 N–H and O–H groups in total. The highest BCUT2D eigenvalue weighted by Gasteiger charge is 2.33. The number of nitrogens with zero attached hydrogens (tertiary/aromatic N) is 2. The smallest absolute Gasteiger partial charge is 0.289 e. The molecule has 0 aliphatic carbocycles. The number of halogens is 1. The summed E-state index contributed by atoms with van der Waals surface area (Å²) in [6.07, 6.45) is 4.21. The Labute approximate surface area is 212 Å². The van der Waals surface area contributed by atoms with Gasteiger partial charge >= 0.3 is 0 Å². The Kier molecular flexibility index (Phi) is 8.37. The first-order chi connectivity index (χ1) is 17.0. The summed E-state index contributed by atoms with van der Waals surface area (Å²) in [6, 6.07) is 17.3. The number of piperidine rings is 1. The molecule has 2 heterocycles. The van der Waals surface area contributed by atoms with Crippen molar-refractivity contribution in [1.29, 1.82) is 0 Å². The summed E-state index contributed by atoms with van der Waals surface area (Å²) < 4.78 is 16.4. The molecular weight excluding hydrogens is 464 g/mol. The van der Waals surface area contributed by atoms with Crippen LogP contribution in [0.3, 0.4) is 0 Å². The molecular formula is C28H33ClN2O4. The Hall–Kier alpha value is -2.96. The van der Waals surface area contributed by atoms with Gasteiger partial charge in [0.15, 0.2) is 5.76 Å². The van der Waals surface area contributed by atoms with E-state index in [0.29, 0.717) is 18.1 Å². The molecule has 1 amide bonds. The first-order valence-electron chi connectivity index (χ1n) is 12.0. The molecule has 0 unspecified atom stereocenters. The van der Waals surface area contributed by atoms with Gasteiger partial charge in [0.1, 0.15) is 11.5 Å². The molecule has 1 aliphatic heterocycles. The number of carbonyl (C=O) groups is 1. The Morgan fingerprint density at radius 1 is 1.09 bits per heavy atom. The molecule has 1 aliphatic rings. The fourth-order valence-electron chi connectivity index (χ4n) is 4.98. The second-order valence-electron chi connectivity index (χ2n) is 9.05. The van der Waals surface area contributed by atoms with Crippen LogP contribution < -0.4 is 9.47 Å². The highest BCUT2D eigenvalue weighted by Crippen LogP contribution is 2.31. The summed E-state index contributed by atoms with van der Waals surface area (Å²) >= 11 is 6.51. The molecule has 0 saturated carbocycles. The van der Waals surface area contributed by atoms with E-state index < -0.39 is 0 Å². The van der Waals surface area contributed by atoms with Crippen LogP contribution in [0.15, 0.2) is 65.3 Å². The molecule has 2 aromatic carbocycles. The molecule has 0 bridgehead atoms. The summed E-state index contributed by atoms with van der Waals surface area (Å²) in [5.41, 5.74) is 2.17. The SMILES string of the molecule is COc1ccc(OC)c(CN2CCC([C@@H](Cc3ccccc3Cl)N(C)C(=O)c3ccco3)CC2)c1. The van der Waals surface area contributed by atoms with E-state index in [2.05, 4.69) is 4.90 Å². The average Bonchev–Trinajstić information content (AvgIpc) is 3.43. The topological polar surface area (TPSA) is 55.2 Å². The van der Waals surface area contributed by atoms with Crippen molar-refractivity contribution in [2.24, 2.45) is 5.92 Å². The maximum atomic E-state index is 13.2. The fraction of sp³-hybridized carbons (Fsp3) is 0.393. The number of rotatable bonds is 9. The van der Waals surface area contributed by atoms with Gasteiger partial charge in [0.2, 0.25) is 0 Å². The van der Waals surface area contributed by atoms with E-state index in [1.807, 2.05) is 54.4 Å². The lowest BCUT2D eigenvalue weighted by Crippen LogP contribution is -2.47. The van der Waals surface area contributed by atoms with Gasteiger partial charge in [-0.2, -0.15) is 0 Å². The summed E-state index contributed by atoms with van der Waals surface area (Å²) in [5, 5.41) is 0.735. The van der Waals surface area contributed by atoms with Gasteiger partial charge in [0.05, 0.1) is 20.5 Å². The van der Waals surface area contributed by atoms with Crippen LogP contribution in [-0.4, -0.2) is 56.1 Å². The number of likely N-dealkylation sites (N-methyl/N-ethyl adjacent to an activating group) is 1. The molecule has 35 heavy (non-hydrogen) atoms. The molecule has 6 nitrogen and oxygen atoms in total. The normalized spacial score (nSPS) is 15.5. The highest BCUT2D eigenvalue weighted by atomic mass is 35.5. The Bertz CT molecular complexity index is 1110. The predicted octanol–water partition coefficient (Wildman–Crippen LogP) is 5.55. The Morgan fingerprint density at radius 2 is 1.86 bits per heavy atom. The van der Waals surface area contributed by atoms with Crippen LogP contribution in [0.2, 0.25) is 5.02 Å². The Morgan fingerprint density at radius 3 is 2.51 bits per heavy atom. The van der Waals surface area contributed by atoms with E-state index in [9.17, 15) is 4.79 Å². The predicted molar refractivity (Wildman–Crippen MR) is 137 cm³/mol. The maximum Gasteiger partial charge on any atom is 0.289 e. The van der Waals surface area contributed by atoms with Gasteiger partial charge in [-0.05, 0) is 80.2 Å². The van der Waals surface area contributed by atoms with E-state index >= 15 is 0 Å². The molecule has 0 spiro atoms. The number of methoxy groups -OCH3 is 2. The zero-order chi connectivity index (χ0) is 24.8. The van der Waals surface area contributed by atoms with E-state index in [0.717, 1.165) is 60.1 Å². The molecule has 3 aromatic rings. The second-order valence-corrected chi connectivity index (χ2v) is 9.45. The lowest BCUT2D eigenvalue weighted by Gasteiger charge is -2.40. The van der Waals surface area contributed by atoms with E-state index in [4.69, 9.17) is 25.5 Å². The van der Waals surface area contributed by atoms with Gasteiger partial charge in [-0.3, -0.25) is 9.69 Å². The Balaban J connectivity index is 1.48. The number of hydrogen-bond acceptors (Lipinski definition) is 5. The van der Waals surface area contributed by atoms with Crippen molar-refractivity contribution in [2.45, 2.75) is 31.8 Å². The number of benzene rings is 2. The van der Waals surface area contributed by atoms with Crippen molar-refractivity contribution in [1.82, 2.24) is 9.80 Å². The van der Waals surface area contributed by atoms with Gasteiger partial charge in [0, 0.05) is 30.2 Å². The molecule has 186 valence electrons. The summed E-state index contributed by atoms with van der Waals surface area (Å²) in [7, 11) is 5.25. The number of furan rings is 1. The van der Waals surface area contributed by atoms with Crippen LogP contribution in [0.4, 0.5) is 0 Å². The van der Waals surface area contributed by atoms with Crippen LogP contribution in [0.1, 0.15) is 34.5 Å². The summed E-state index contributed by atoms with van der Waals surface area (Å²) in [4.78, 5) is 17.4. The van der Waals surface area contributed by atoms with Crippen molar-refractivity contribution >= 4 is 17.5 Å². The summed E-state index contributed by atoms with van der Waals surface area (Å²) in [5.74, 6) is 2.30. The minimum atomic E-state index is -0.101. The molecule has 1 atom stereocenters. The first-order valence-corrected chi connectivity index (χ1v) is 12.3. The quantitative estimate of drug-likeness (QED) is 0.389. The zero-order valence-corrected chi connectivity index (χ0v) is 21.3. The minimum Gasteiger partial charge on any atom is -0.497 e. The van der Waals surface area contributed by atoms with Crippen molar-refractivity contribution in [3.8, 4) is 11.5 Å². The number of hydrogen-bond donors (Lipinski definition) is 0. The van der Waals surface area contributed by atoms with Gasteiger partial charge in [0.25, 0.3) is 5.91 Å². The van der Waals surface area contributed by atoms with E-state index in [1.165, 1.54) is 6.26 Å². The standard InChI is InChI=1S/C28H33ClN2O4/c1-30(28(32)27-9-6-16-35-27)25(18-21-7-4-5-8-24(21)29)20-12-14-31(15-13-20)19-22-17-23(33-2)10-11-26(22)34-3/h4-11,16-17,20,25H,12-15,18-19H2,1-3H3/t25-/m1/s1. The van der Waals surface area contributed by atoms with Crippen molar-refractivity contribution in [3.63, 3.8) is 0 Å². The molecule has 0 radical (unpaired) electrons. The minimum absolute atomic E-state index is 0.0148. The van der Waals surface area contributed by atoms with E-state index in [1.54, 1.807) is 26.4 Å². The largest absolute Gasteiger partial charge is 0.497 e. The monoisotopic (exact) mass is 496 g/mol. The van der Waals surface area contributed by atoms with Crippen molar-refractivity contribution in [3.05, 3.63) is 82.8 Å². The van der Waals surface area contributed by atoms with Gasteiger partial charge in [-0.25, -0.2) is 0 Å². The first kappa shape index (κ1) is 25.1. The van der Waals surface area contributed by atoms with Crippen molar-refractivity contribution in [2.75, 3.05) is 34.4 Å². The van der Waals surface area contributed by atoms with Crippen LogP contribution in [-0.2, 0) is 13.0 Å². The van der Waals surface area contributed by atoms with Crippen LogP contribution >= 0.6 is 11.6 Å². The molecule has 1 aromatic heterocycles. The molecule has 7 heteroatoms. The van der Waals surface area contributed by atoms with Crippen LogP contribution in [0, 0.1) is 5.92 Å². The van der Waals surface area contributed by atoms with Gasteiger partial charge in [-0.15, -0.1) is 0 Å². The third-order valence-corrected chi connectivity index (χ3v) is 7.36. The second kappa shape index (κ2) is 11.6. The van der Waals surface area contributed by atoms with Crippen LogP contribution in [0.5, 0.6) is 11.5 Å². The average molecular weight is 497 g/mol. The number of amides is 1. The molecule has 4 rings (SSSR count). The zero-order valence-electron chi connectivity index (χ0n) is 20.6. The third-order valence-electron chi connectivity index (χ3n) is 6.99. The highest BCUT2D eigenvalue weighted by molar-refractivity contribution is 6.31. The maximum absolute atomic E-state index is 13.2. The number of ether oxygens (including phenoxy) is 2. The van der Waals surface area contributed by atoms with Crippen molar-refractivity contribution < 1.29 is 18.7 Å². The fourth-order valence-corrected chi connectivity index (χ4v) is 5.19. The van der Waals surface area contributed by atoms with Gasteiger partial charge < -0.3 is 18.8 Å². The third kappa shape index (κ3) is 6.00. The number of likely N-dealkylation sites (tertiary alicyclic amines) is 1. The molecule has 1 fully saturated rings. The lowest BCUT2D eigenvalue weighted by molar-refractivity contribution is 0.0555.